The van der Waals surface area contributed by atoms with E-state index in [9.17, 15) is 0 Å². The van der Waals surface area contributed by atoms with Crippen molar-refractivity contribution in [2.45, 2.75) is 24.8 Å². The Kier molecular flexibility index (Phi) is 4.90. The number of hydrogen-bond acceptors (Lipinski definition) is 4. The number of aromatic nitrogens is 3. The van der Waals surface area contributed by atoms with Crippen LogP contribution in [0.3, 0.4) is 0 Å². The maximum Gasteiger partial charge on any atom is 0.168 e. The van der Waals surface area contributed by atoms with Gasteiger partial charge in [0.25, 0.3) is 0 Å². The van der Waals surface area contributed by atoms with E-state index in [0.29, 0.717) is 0 Å². The summed E-state index contributed by atoms with van der Waals surface area (Å²) in [4.78, 5) is 9.12. The minimum Gasteiger partial charge on any atom is -0.496 e. The third-order valence-electron chi connectivity index (χ3n) is 4.10. The zero-order valence-electron chi connectivity index (χ0n) is 14.4. The van der Waals surface area contributed by atoms with Crippen molar-refractivity contribution in [2.75, 3.05) is 7.11 Å². The highest BCUT2D eigenvalue weighted by atomic mass is 32.2. The van der Waals surface area contributed by atoms with E-state index in [1.807, 2.05) is 44.6 Å². The minimum absolute atomic E-state index is 0.765. The number of methoxy groups -OCH3 is 1. The molecule has 3 rings (SSSR count). The molecule has 0 aliphatic carbocycles. The van der Waals surface area contributed by atoms with Crippen LogP contribution in [0, 0.1) is 13.8 Å². The van der Waals surface area contributed by atoms with Gasteiger partial charge in [-0.15, -0.1) is 0 Å². The Bertz CT molecular complexity index is 843. The number of ether oxygens (including phenoxy) is 1. The van der Waals surface area contributed by atoms with Gasteiger partial charge in [0.05, 0.1) is 24.7 Å². The molecule has 0 saturated carbocycles. The molecule has 0 radical (unpaired) electrons. The summed E-state index contributed by atoms with van der Waals surface area (Å²) in [6, 6.07) is 10.3. The molecule has 0 unspecified atom stereocenters. The van der Waals surface area contributed by atoms with E-state index in [1.165, 1.54) is 5.56 Å². The van der Waals surface area contributed by atoms with Crippen molar-refractivity contribution in [2.24, 2.45) is 7.05 Å². The Balaban J connectivity index is 1.80. The molecular weight excluding hydrogens is 318 g/mol. The standard InChI is InChI=1S/C19H21N3OS/c1-13-10-20-16(14(2)18(13)23-4)12-24-19-21-11-17(22(19)3)15-8-6-5-7-9-15/h5-11H,12H2,1-4H3. The molecule has 5 heteroatoms. The molecule has 0 fully saturated rings. The van der Waals surface area contributed by atoms with Crippen molar-refractivity contribution in [3.05, 3.63) is 59.5 Å². The lowest BCUT2D eigenvalue weighted by atomic mass is 10.1. The average Bonchev–Trinajstić information content (AvgIpc) is 2.96. The quantitative estimate of drug-likeness (QED) is 0.646. The van der Waals surface area contributed by atoms with Crippen LogP contribution >= 0.6 is 11.8 Å². The van der Waals surface area contributed by atoms with Gasteiger partial charge >= 0.3 is 0 Å². The van der Waals surface area contributed by atoms with E-state index in [-0.39, 0.29) is 0 Å². The predicted molar refractivity (Wildman–Crippen MR) is 98.5 cm³/mol. The van der Waals surface area contributed by atoms with Crippen molar-refractivity contribution < 1.29 is 4.74 Å². The number of benzene rings is 1. The van der Waals surface area contributed by atoms with Crippen molar-refractivity contribution >= 4 is 11.8 Å². The van der Waals surface area contributed by atoms with Gasteiger partial charge in [0, 0.05) is 30.1 Å². The second-order valence-corrected chi connectivity index (χ2v) is 6.63. The van der Waals surface area contributed by atoms with Gasteiger partial charge in [-0.05, 0) is 19.4 Å². The number of nitrogens with zero attached hydrogens (tertiary/aromatic N) is 3. The fourth-order valence-electron chi connectivity index (χ4n) is 2.75. The fourth-order valence-corrected chi connectivity index (χ4v) is 3.73. The largest absolute Gasteiger partial charge is 0.496 e. The molecule has 0 spiro atoms. The van der Waals surface area contributed by atoms with Gasteiger partial charge in [0.2, 0.25) is 0 Å². The Morgan fingerprint density at radius 2 is 1.83 bits per heavy atom. The first kappa shape index (κ1) is 16.6. The minimum atomic E-state index is 0.765. The molecular formula is C19H21N3OS. The number of pyridine rings is 1. The lowest BCUT2D eigenvalue weighted by Crippen LogP contribution is -2.00. The van der Waals surface area contributed by atoms with Gasteiger partial charge in [-0.2, -0.15) is 0 Å². The van der Waals surface area contributed by atoms with E-state index < -0.39 is 0 Å². The normalized spacial score (nSPS) is 10.8. The monoisotopic (exact) mass is 339 g/mol. The summed E-state index contributed by atoms with van der Waals surface area (Å²) in [5.41, 5.74) is 5.48. The molecule has 0 aliphatic heterocycles. The molecule has 4 nitrogen and oxygen atoms in total. The molecule has 0 aliphatic rings. The molecule has 0 amide bonds. The third kappa shape index (κ3) is 3.17. The third-order valence-corrected chi connectivity index (χ3v) is 5.16. The van der Waals surface area contributed by atoms with Crippen molar-refractivity contribution in [3.8, 4) is 17.0 Å². The van der Waals surface area contributed by atoms with Gasteiger partial charge in [0.15, 0.2) is 5.16 Å². The van der Waals surface area contributed by atoms with Crippen LogP contribution < -0.4 is 4.74 Å². The smallest absolute Gasteiger partial charge is 0.168 e. The first-order valence-electron chi connectivity index (χ1n) is 7.80. The summed E-state index contributed by atoms with van der Waals surface area (Å²) in [6.07, 6.45) is 3.79. The fraction of sp³-hybridized carbons (Fsp3) is 0.263. The molecule has 24 heavy (non-hydrogen) atoms. The molecule has 124 valence electrons. The van der Waals surface area contributed by atoms with Crippen molar-refractivity contribution in [1.82, 2.24) is 14.5 Å². The van der Waals surface area contributed by atoms with Crippen molar-refractivity contribution in [3.63, 3.8) is 0 Å². The van der Waals surface area contributed by atoms with Crippen LogP contribution in [0.5, 0.6) is 5.75 Å². The van der Waals surface area contributed by atoms with Gasteiger partial charge in [-0.3, -0.25) is 4.98 Å². The highest BCUT2D eigenvalue weighted by molar-refractivity contribution is 7.98. The number of thioether (sulfide) groups is 1. The van der Waals surface area contributed by atoms with Crippen LogP contribution in [0.4, 0.5) is 0 Å². The van der Waals surface area contributed by atoms with Crippen LogP contribution in [0.2, 0.25) is 0 Å². The summed E-state index contributed by atoms with van der Waals surface area (Å²) in [7, 11) is 3.75. The van der Waals surface area contributed by atoms with Gasteiger partial charge in [-0.1, -0.05) is 42.1 Å². The molecule has 0 atom stereocenters. The molecule has 2 heterocycles. The Morgan fingerprint density at radius 1 is 1.08 bits per heavy atom. The summed E-state index contributed by atoms with van der Waals surface area (Å²) < 4.78 is 7.61. The maximum atomic E-state index is 5.48. The van der Waals surface area contributed by atoms with Crippen LogP contribution in [-0.4, -0.2) is 21.6 Å². The Hall–Kier alpha value is -2.27. The average molecular weight is 339 g/mol. The lowest BCUT2D eigenvalue weighted by Gasteiger charge is -2.12. The molecule has 1 aromatic carbocycles. The number of hydrogen-bond donors (Lipinski definition) is 0. The molecule has 0 bridgehead atoms. The molecule has 2 aromatic heterocycles. The first-order chi connectivity index (χ1) is 11.6. The highest BCUT2D eigenvalue weighted by Gasteiger charge is 2.13. The van der Waals surface area contributed by atoms with Crippen molar-refractivity contribution in [1.29, 1.82) is 0 Å². The predicted octanol–water partition coefficient (Wildman–Crippen LogP) is 4.40. The second kappa shape index (κ2) is 7.09. The summed E-state index contributed by atoms with van der Waals surface area (Å²) in [6.45, 7) is 4.07. The lowest BCUT2D eigenvalue weighted by molar-refractivity contribution is 0.407. The van der Waals surface area contributed by atoms with Gasteiger partial charge < -0.3 is 9.30 Å². The first-order valence-corrected chi connectivity index (χ1v) is 8.79. The van der Waals surface area contributed by atoms with E-state index in [0.717, 1.165) is 39.2 Å². The van der Waals surface area contributed by atoms with Gasteiger partial charge in [-0.25, -0.2) is 4.98 Å². The van der Waals surface area contributed by atoms with E-state index in [2.05, 4.69) is 33.6 Å². The van der Waals surface area contributed by atoms with E-state index in [4.69, 9.17) is 4.74 Å². The second-order valence-electron chi connectivity index (χ2n) is 5.69. The van der Waals surface area contributed by atoms with Gasteiger partial charge in [0.1, 0.15) is 5.75 Å². The zero-order chi connectivity index (χ0) is 17.1. The van der Waals surface area contributed by atoms with E-state index >= 15 is 0 Å². The van der Waals surface area contributed by atoms with Crippen LogP contribution in [0.25, 0.3) is 11.3 Å². The summed E-state index contributed by atoms with van der Waals surface area (Å²) in [5, 5.41) is 0.981. The van der Waals surface area contributed by atoms with Crippen LogP contribution in [-0.2, 0) is 12.8 Å². The topological polar surface area (TPSA) is 39.9 Å². The molecule has 3 aromatic rings. The van der Waals surface area contributed by atoms with Crippen LogP contribution in [0.1, 0.15) is 16.8 Å². The highest BCUT2D eigenvalue weighted by Crippen LogP contribution is 2.30. The number of rotatable bonds is 5. The maximum absolute atomic E-state index is 5.48. The molecule has 0 N–H and O–H groups in total. The Morgan fingerprint density at radius 3 is 2.54 bits per heavy atom. The number of imidazole rings is 1. The number of aryl methyl sites for hydroxylation is 1. The SMILES string of the molecule is COc1c(C)cnc(CSc2ncc(-c3ccccc3)n2C)c1C. The summed E-state index contributed by atoms with van der Waals surface area (Å²) >= 11 is 1.69. The zero-order valence-corrected chi connectivity index (χ0v) is 15.2. The molecule has 0 saturated heterocycles. The van der Waals surface area contributed by atoms with Crippen LogP contribution in [0.15, 0.2) is 47.9 Å². The Labute approximate surface area is 146 Å². The summed E-state index contributed by atoms with van der Waals surface area (Å²) in [5.74, 6) is 1.69. The van der Waals surface area contributed by atoms with E-state index in [1.54, 1.807) is 18.9 Å².